The van der Waals surface area contributed by atoms with E-state index in [0.29, 0.717) is 12.4 Å². The highest BCUT2D eigenvalue weighted by Crippen LogP contribution is 2.16. The molecule has 1 aromatic heterocycles. The fraction of sp³-hybridized carbons (Fsp3) is 0.333. The monoisotopic (exact) mass is 339 g/mol. The molecule has 0 aliphatic rings. The third-order valence-corrected chi connectivity index (χ3v) is 3.07. The van der Waals surface area contributed by atoms with Gasteiger partial charge in [-0.2, -0.15) is 5.21 Å². The molecule has 0 aliphatic carbocycles. The predicted octanol–water partition coefficient (Wildman–Crippen LogP) is 1.61. The Morgan fingerprint density at radius 1 is 1.45 bits per heavy atom. The number of carbonyl (C=O) groups excluding carboxylic acids is 1. The first-order chi connectivity index (χ1) is 9.65. The lowest BCUT2D eigenvalue weighted by atomic mass is 10.3. The van der Waals surface area contributed by atoms with Crippen molar-refractivity contribution in [3.8, 4) is 5.75 Å². The molecular formula is C12H14BrN5O2. The number of carbonyl (C=O) groups is 1. The molecule has 0 aliphatic heterocycles. The maximum absolute atomic E-state index is 11.7. The number of nitrogens with zero attached hydrogens (tertiary/aromatic N) is 3. The van der Waals surface area contributed by atoms with Gasteiger partial charge >= 0.3 is 0 Å². The van der Waals surface area contributed by atoms with Crippen molar-refractivity contribution in [2.75, 3.05) is 6.61 Å². The number of amides is 1. The minimum atomic E-state index is -0.283. The van der Waals surface area contributed by atoms with E-state index >= 15 is 0 Å². The summed E-state index contributed by atoms with van der Waals surface area (Å²) in [5.41, 5.74) is 0. The third kappa shape index (κ3) is 4.30. The van der Waals surface area contributed by atoms with Crippen LogP contribution in [-0.4, -0.2) is 33.1 Å². The van der Waals surface area contributed by atoms with Crippen molar-refractivity contribution in [1.29, 1.82) is 0 Å². The lowest BCUT2D eigenvalue weighted by Crippen LogP contribution is -2.28. The molecule has 0 radical (unpaired) electrons. The van der Waals surface area contributed by atoms with Gasteiger partial charge in [0.15, 0.2) is 5.82 Å². The number of H-pyrrole nitrogens is 1. The first-order valence-corrected chi connectivity index (χ1v) is 6.85. The van der Waals surface area contributed by atoms with E-state index in [-0.39, 0.29) is 18.4 Å². The van der Waals surface area contributed by atoms with E-state index in [1.165, 1.54) is 0 Å². The summed E-state index contributed by atoms with van der Waals surface area (Å²) in [7, 11) is 0. The molecule has 2 aromatic rings. The Balaban J connectivity index is 1.71. The molecule has 8 heteroatoms. The summed E-state index contributed by atoms with van der Waals surface area (Å²) in [5.74, 6) is 1.05. The van der Waals surface area contributed by atoms with Gasteiger partial charge in [0.25, 0.3) is 0 Å². The lowest BCUT2D eigenvalue weighted by molar-refractivity contribution is -0.122. The van der Waals surface area contributed by atoms with E-state index in [0.717, 1.165) is 10.2 Å². The smallest absolute Gasteiger partial charge is 0.224 e. The van der Waals surface area contributed by atoms with Crippen LogP contribution < -0.4 is 10.1 Å². The Labute approximate surface area is 124 Å². The van der Waals surface area contributed by atoms with Gasteiger partial charge < -0.3 is 10.1 Å². The van der Waals surface area contributed by atoms with E-state index in [4.69, 9.17) is 4.74 Å². The molecule has 1 atom stereocenters. The molecule has 0 saturated heterocycles. The number of ether oxygens (including phenoxy) is 1. The molecule has 1 unspecified atom stereocenters. The molecule has 2 N–H and O–H groups in total. The first-order valence-electron chi connectivity index (χ1n) is 6.06. The molecule has 0 bridgehead atoms. The molecule has 20 heavy (non-hydrogen) atoms. The highest BCUT2D eigenvalue weighted by atomic mass is 79.9. The van der Waals surface area contributed by atoms with Crippen molar-refractivity contribution in [2.24, 2.45) is 0 Å². The van der Waals surface area contributed by atoms with Crippen molar-refractivity contribution < 1.29 is 9.53 Å². The van der Waals surface area contributed by atoms with Gasteiger partial charge in [-0.3, -0.25) is 4.79 Å². The summed E-state index contributed by atoms with van der Waals surface area (Å²) in [4.78, 5) is 11.7. The molecule has 106 valence electrons. The van der Waals surface area contributed by atoms with E-state index in [1.54, 1.807) is 6.92 Å². The van der Waals surface area contributed by atoms with Gasteiger partial charge in [0.2, 0.25) is 5.91 Å². The number of tetrazole rings is 1. The summed E-state index contributed by atoms with van der Waals surface area (Å²) in [6.45, 7) is 2.10. The van der Waals surface area contributed by atoms with Crippen LogP contribution in [0.1, 0.15) is 25.2 Å². The van der Waals surface area contributed by atoms with Crippen LogP contribution in [-0.2, 0) is 4.79 Å². The Morgan fingerprint density at radius 2 is 2.20 bits per heavy atom. The molecular weight excluding hydrogens is 326 g/mol. The highest BCUT2D eigenvalue weighted by molar-refractivity contribution is 9.10. The number of hydrogen-bond donors (Lipinski definition) is 2. The number of aromatic amines is 1. The number of aromatic nitrogens is 4. The van der Waals surface area contributed by atoms with Crippen molar-refractivity contribution in [3.05, 3.63) is 34.6 Å². The summed E-state index contributed by atoms with van der Waals surface area (Å²) in [6, 6.07) is 7.16. The van der Waals surface area contributed by atoms with Crippen LogP contribution >= 0.6 is 15.9 Å². The van der Waals surface area contributed by atoms with Crippen LogP contribution in [0.15, 0.2) is 28.7 Å². The number of halogens is 1. The van der Waals surface area contributed by atoms with Crippen LogP contribution in [0.5, 0.6) is 5.75 Å². The van der Waals surface area contributed by atoms with Gasteiger partial charge in [-0.15, -0.1) is 10.2 Å². The second kappa shape index (κ2) is 6.99. The quantitative estimate of drug-likeness (QED) is 0.833. The van der Waals surface area contributed by atoms with Crippen molar-refractivity contribution >= 4 is 21.8 Å². The van der Waals surface area contributed by atoms with Gasteiger partial charge in [-0.1, -0.05) is 21.1 Å². The highest BCUT2D eigenvalue weighted by Gasteiger charge is 2.13. The largest absolute Gasteiger partial charge is 0.493 e. The van der Waals surface area contributed by atoms with E-state index < -0.39 is 0 Å². The van der Waals surface area contributed by atoms with E-state index in [2.05, 4.69) is 41.9 Å². The van der Waals surface area contributed by atoms with Crippen LogP contribution in [0.25, 0.3) is 0 Å². The summed E-state index contributed by atoms with van der Waals surface area (Å²) in [6.07, 6.45) is 0.262. The average Bonchev–Trinajstić information content (AvgIpc) is 2.95. The predicted molar refractivity (Wildman–Crippen MR) is 75.0 cm³/mol. The minimum absolute atomic E-state index is 0.126. The van der Waals surface area contributed by atoms with Crippen molar-refractivity contribution in [2.45, 2.75) is 19.4 Å². The average molecular weight is 340 g/mol. The number of rotatable bonds is 6. The molecule has 1 aromatic carbocycles. The Bertz CT molecular complexity index is 543. The number of nitrogens with one attached hydrogen (secondary N) is 2. The maximum atomic E-state index is 11.7. The normalized spacial score (nSPS) is 11.9. The maximum Gasteiger partial charge on any atom is 0.224 e. The minimum Gasteiger partial charge on any atom is -0.493 e. The Morgan fingerprint density at radius 3 is 2.85 bits per heavy atom. The zero-order valence-corrected chi connectivity index (χ0v) is 12.4. The zero-order chi connectivity index (χ0) is 14.4. The van der Waals surface area contributed by atoms with Crippen LogP contribution in [0, 0.1) is 0 Å². The van der Waals surface area contributed by atoms with Gasteiger partial charge in [0.05, 0.1) is 19.1 Å². The summed E-state index contributed by atoms with van der Waals surface area (Å²) < 4.78 is 6.46. The summed E-state index contributed by atoms with van der Waals surface area (Å²) >= 11 is 3.34. The Hall–Kier alpha value is -1.96. The van der Waals surface area contributed by atoms with Gasteiger partial charge in [-0.05, 0) is 31.2 Å². The molecule has 0 spiro atoms. The van der Waals surface area contributed by atoms with E-state index in [1.807, 2.05) is 24.3 Å². The molecule has 1 heterocycles. The van der Waals surface area contributed by atoms with Gasteiger partial charge in [0.1, 0.15) is 5.75 Å². The molecule has 7 nitrogen and oxygen atoms in total. The van der Waals surface area contributed by atoms with Crippen LogP contribution in [0.3, 0.4) is 0 Å². The molecule has 1 amide bonds. The van der Waals surface area contributed by atoms with Crippen molar-refractivity contribution in [1.82, 2.24) is 25.9 Å². The lowest BCUT2D eigenvalue weighted by Gasteiger charge is -2.10. The standard InChI is InChI=1S/C12H14BrN5O2/c1-8(12-15-17-18-16-12)14-11(19)6-7-20-10-4-2-9(13)3-5-10/h2-5,8H,6-7H2,1H3,(H,14,19)(H,15,16,17,18). The van der Waals surface area contributed by atoms with Crippen LogP contribution in [0.2, 0.25) is 0 Å². The summed E-state index contributed by atoms with van der Waals surface area (Å²) in [5, 5.41) is 16.2. The van der Waals surface area contributed by atoms with E-state index in [9.17, 15) is 4.79 Å². The third-order valence-electron chi connectivity index (χ3n) is 2.54. The first kappa shape index (κ1) is 14.4. The number of hydrogen-bond acceptors (Lipinski definition) is 5. The molecule has 0 fully saturated rings. The van der Waals surface area contributed by atoms with Gasteiger partial charge in [-0.25, -0.2) is 0 Å². The molecule has 2 rings (SSSR count). The van der Waals surface area contributed by atoms with Crippen LogP contribution in [0.4, 0.5) is 0 Å². The van der Waals surface area contributed by atoms with Gasteiger partial charge in [0, 0.05) is 4.47 Å². The van der Waals surface area contributed by atoms with Crippen molar-refractivity contribution in [3.63, 3.8) is 0 Å². The second-order valence-electron chi connectivity index (χ2n) is 4.11. The fourth-order valence-corrected chi connectivity index (χ4v) is 1.79. The zero-order valence-electron chi connectivity index (χ0n) is 10.8. The molecule has 0 saturated carbocycles. The Kier molecular flexibility index (Phi) is 5.05. The SMILES string of the molecule is CC(NC(=O)CCOc1ccc(Br)cc1)c1nn[nH]n1. The number of benzene rings is 1. The fourth-order valence-electron chi connectivity index (χ4n) is 1.52. The second-order valence-corrected chi connectivity index (χ2v) is 5.03. The topological polar surface area (TPSA) is 92.8 Å².